The third kappa shape index (κ3) is 3.58. The van der Waals surface area contributed by atoms with E-state index in [1.165, 1.54) is 38.5 Å². The van der Waals surface area contributed by atoms with Crippen molar-refractivity contribution >= 4 is 17.8 Å². The standard InChI is InChI=1S/C25H39N3O3/c1-15-8-23(3,4)14-25(9-15)21(30)28(22(31)27-25)13-20(29)26-16(2)24-10-17-5-18(11-24)7-19(6-17)12-24/h15-19H,5-14H2,1-4H3,(H,26,29)(H,27,31)/t15-,16+,17?,18?,19?,24?,25+/m1/s1. The number of imide groups is 1. The summed E-state index contributed by atoms with van der Waals surface area (Å²) < 4.78 is 0. The first-order valence-electron chi connectivity index (χ1n) is 12.4. The van der Waals surface area contributed by atoms with Gasteiger partial charge in [-0.1, -0.05) is 20.8 Å². The first-order valence-corrected chi connectivity index (χ1v) is 12.4. The van der Waals surface area contributed by atoms with E-state index in [0.29, 0.717) is 18.8 Å². The predicted octanol–water partition coefficient (Wildman–Crippen LogP) is 3.84. The van der Waals surface area contributed by atoms with Crippen LogP contribution in [0.2, 0.25) is 0 Å². The molecule has 4 amide bonds. The van der Waals surface area contributed by atoms with Crippen molar-refractivity contribution in [3.8, 4) is 0 Å². The molecule has 1 aliphatic heterocycles. The molecule has 0 unspecified atom stereocenters. The Hall–Kier alpha value is -1.59. The lowest BCUT2D eigenvalue weighted by atomic mass is 9.48. The van der Waals surface area contributed by atoms with E-state index in [-0.39, 0.29) is 35.2 Å². The van der Waals surface area contributed by atoms with E-state index < -0.39 is 11.6 Å². The topological polar surface area (TPSA) is 78.5 Å². The number of hydrogen-bond donors (Lipinski definition) is 2. The van der Waals surface area contributed by atoms with Gasteiger partial charge in [-0.2, -0.15) is 0 Å². The van der Waals surface area contributed by atoms with Gasteiger partial charge in [0.15, 0.2) is 0 Å². The Morgan fingerprint density at radius 2 is 1.65 bits per heavy atom. The van der Waals surface area contributed by atoms with Crippen LogP contribution in [0.3, 0.4) is 0 Å². The Labute approximate surface area is 186 Å². The zero-order chi connectivity index (χ0) is 22.2. The van der Waals surface area contributed by atoms with Crippen molar-refractivity contribution in [1.82, 2.24) is 15.5 Å². The molecular formula is C25H39N3O3. The van der Waals surface area contributed by atoms with Crippen molar-refractivity contribution < 1.29 is 14.4 Å². The van der Waals surface area contributed by atoms with Crippen molar-refractivity contribution in [1.29, 1.82) is 0 Å². The van der Waals surface area contributed by atoms with E-state index in [2.05, 4.69) is 38.3 Å². The summed E-state index contributed by atoms with van der Waals surface area (Å²) in [4.78, 5) is 40.2. The van der Waals surface area contributed by atoms with Crippen molar-refractivity contribution in [2.45, 2.75) is 97.1 Å². The fourth-order valence-corrected chi connectivity index (χ4v) is 8.94. The van der Waals surface area contributed by atoms with Crippen LogP contribution in [0.5, 0.6) is 0 Å². The number of carbonyl (C=O) groups is 3. The normalized spacial score (nSPS) is 43.9. The third-order valence-corrected chi connectivity index (χ3v) is 9.31. The molecule has 3 atom stereocenters. The fourth-order valence-electron chi connectivity index (χ4n) is 8.94. The van der Waals surface area contributed by atoms with Gasteiger partial charge in [0.1, 0.15) is 12.1 Å². The molecule has 6 rings (SSSR count). The average Bonchev–Trinajstić information content (AvgIpc) is 2.82. The maximum atomic E-state index is 13.3. The average molecular weight is 430 g/mol. The van der Waals surface area contributed by atoms with E-state index in [9.17, 15) is 14.4 Å². The van der Waals surface area contributed by atoms with Crippen molar-refractivity contribution in [2.75, 3.05) is 6.54 Å². The minimum Gasteiger partial charge on any atom is -0.352 e. The lowest BCUT2D eigenvalue weighted by molar-refractivity contribution is -0.138. The van der Waals surface area contributed by atoms with E-state index in [1.54, 1.807) is 0 Å². The van der Waals surface area contributed by atoms with E-state index in [0.717, 1.165) is 29.1 Å². The molecule has 4 bridgehead atoms. The Kier molecular flexibility index (Phi) is 4.77. The summed E-state index contributed by atoms with van der Waals surface area (Å²) in [6.45, 7) is 8.44. The molecule has 0 aromatic heterocycles. The first-order chi connectivity index (χ1) is 14.5. The number of carbonyl (C=O) groups excluding carboxylic acids is 3. The van der Waals surface area contributed by atoms with Gasteiger partial charge in [0.25, 0.3) is 5.91 Å². The molecule has 6 heteroatoms. The largest absolute Gasteiger partial charge is 0.352 e. The van der Waals surface area contributed by atoms with E-state index in [1.807, 2.05) is 0 Å². The smallest absolute Gasteiger partial charge is 0.325 e. The summed E-state index contributed by atoms with van der Waals surface area (Å²) in [5, 5.41) is 6.19. The Balaban J connectivity index is 1.25. The van der Waals surface area contributed by atoms with Crippen molar-refractivity contribution in [3.05, 3.63) is 0 Å². The number of nitrogens with one attached hydrogen (secondary N) is 2. The van der Waals surface area contributed by atoms with Gasteiger partial charge in [-0.3, -0.25) is 14.5 Å². The van der Waals surface area contributed by atoms with Gasteiger partial charge in [-0.05, 0) is 99.2 Å². The van der Waals surface area contributed by atoms with Crippen molar-refractivity contribution in [3.63, 3.8) is 0 Å². The van der Waals surface area contributed by atoms with Crippen LogP contribution in [-0.2, 0) is 9.59 Å². The molecule has 5 saturated carbocycles. The van der Waals surface area contributed by atoms with Crippen molar-refractivity contribution in [2.24, 2.45) is 34.5 Å². The second kappa shape index (κ2) is 6.95. The lowest BCUT2D eigenvalue weighted by Crippen LogP contribution is -2.57. The van der Waals surface area contributed by atoms with Crippen LogP contribution in [0.4, 0.5) is 4.79 Å². The van der Waals surface area contributed by atoms with Crippen LogP contribution < -0.4 is 10.6 Å². The molecule has 0 aromatic carbocycles. The predicted molar refractivity (Wildman–Crippen MR) is 118 cm³/mol. The molecule has 1 saturated heterocycles. The SMILES string of the molecule is C[C@@H]1CC(C)(C)C[C@]2(C1)NC(=O)N(CC(=O)N[C@@H](C)C13CC4CC(CC(C4)C1)C3)C2=O. The highest BCUT2D eigenvalue weighted by atomic mass is 16.2. The second-order valence-electron chi connectivity index (χ2n) is 12.8. The van der Waals surface area contributed by atoms with Gasteiger partial charge in [0.05, 0.1) is 0 Å². The van der Waals surface area contributed by atoms with Crippen LogP contribution in [0.15, 0.2) is 0 Å². The number of hydrogen-bond acceptors (Lipinski definition) is 3. The number of rotatable bonds is 4. The highest BCUT2D eigenvalue weighted by Gasteiger charge is 2.57. The minimum absolute atomic E-state index is 0.00804. The molecule has 5 aliphatic carbocycles. The molecule has 6 nitrogen and oxygen atoms in total. The summed E-state index contributed by atoms with van der Waals surface area (Å²) in [6.07, 6.45) is 10.1. The Bertz CT molecular complexity index is 771. The van der Waals surface area contributed by atoms with Crippen LogP contribution in [0, 0.1) is 34.5 Å². The molecule has 0 aromatic rings. The van der Waals surface area contributed by atoms with Gasteiger partial charge in [0, 0.05) is 6.04 Å². The summed E-state index contributed by atoms with van der Waals surface area (Å²) in [5.74, 6) is 2.42. The van der Waals surface area contributed by atoms with Gasteiger partial charge < -0.3 is 10.6 Å². The summed E-state index contributed by atoms with van der Waals surface area (Å²) in [6, 6.07) is -0.315. The molecule has 1 spiro atoms. The quantitative estimate of drug-likeness (QED) is 0.667. The van der Waals surface area contributed by atoms with E-state index in [4.69, 9.17) is 0 Å². The molecule has 2 N–H and O–H groups in total. The second-order valence-corrected chi connectivity index (χ2v) is 12.8. The maximum Gasteiger partial charge on any atom is 0.325 e. The fraction of sp³-hybridized carbons (Fsp3) is 0.880. The highest BCUT2D eigenvalue weighted by Crippen LogP contribution is 2.61. The third-order valence-electron chi connectivity index (χ3n) is 9.31. The molecular weight excluding hydrogens is 390 g/mol. The number of nitrogens with zero attached hydrogens (tertiary/aromatic N) is 1. The van der Waals surface area contributed by atoms with Gasteiger partial charge in [0.2, 0.25) is 5.91 Å². The zero-order valence-electron chi connectivity index (χ0n) is 19.6. The molecule has 0 radical (unpaired) electrons. The van der Waals surface area contributed by atoms with Gasteiger partial charge in [-0.15, -0.1) is 0 Å². The maximum absolute atomic E-state index is 13.3. The zero-order valence-corrected chi connectivity index (χ0v) is 19.6. The molecule has 1 heterocycles. The Morgan fingerprint density at radius 3 is 2.19 bits per heavy atom. The summed E-state index contributed by atoms with van der Waals surface area (Å²) >= 11 is 0. The molecule has 172 valence electrons. The first kappa shape index (κ1) is 21.3. The molecule has 31 heavy (non-hydrogen) atoms. The van der Waals surface area contributed by atoms with E-state index >= 15 is 0 Å². The Morgan fingerprint density at radius 1 is 1.06 bits per heavy atom. The molecule has 6 aliphatic rings. The van der Waals surface area contributed by atoms with Crippen LogP contribution in [0.1, 0.15) is 85.5 Å². The van der Waals surface area contributed by atoms with Crippen LogP contribution in [0.25, 0.3) is 0 Å². The van der Waals surface area contributed by atoms with Gasteiger partial charge >= 0.3 is 6.03 Å². The molecule has 6 fully saturated rings. The number of amides is 4. The van der Waals surface area contributed by atoms with Crippen LogP contribution >= 0.6 is 0 Å². The monoisotopic (exact) mass is 429 g/mol. The summed E-state index contributed by atoms with van der Waals surface area (Å²) in [7, 11) is 0. The van der Waals surface area contributed by atoms with Crippen LogP contribution in [-0.4, -0.2) is 40.9 Å². The minimum atomic E-state index is -0.843. The van der Waals surface area contributed by atoms with Gasteiger partial charge in [-0.25, -0.2) is 4.79 Å². The summed E-state index contributed by atoms with van der Waals surface area (Å²) in [5.41, 5.74) is -0.637. The highest BCUT2D eigenvalue weighted by molar-refractivity contribution is 6.09. The lowest BCUT2D eigenvalue weighted by Gasteiger charge is -2.59. The number of urea groups is 1.